The highest BCUT2D eigenvalue weighted by Crippen LogP contribution is 2.33. The third-order valence-electron chi connectivity index (χ3n) is 20.2. The zero-order valence-electron chi connectivity index (χ0n) is 59.5. The van der Waals surface area contributed by atoms with Gasteiger partial charge in [-0.2, -0.15) is 0 Å². The van der Waals surface area contributed by atoms with Crippen molar-refractivity contribution in [2.75, 3.05) is 26.4 Å². The molecule has 3 saturated heterocycles. The Bertz CT molecular complexity index is 1700. The Morgan fingerprint density at radius 3 is 0.926 bits per heavy atom. The molecule has 1 amide bonds. The number of unbranched alkanes of at least 4 members (excludes halogenated alkanes) is 47. The number of carbonyl (C=O) groups excluding carboxylic acids is 1. The van der Waals surface area contributed by atoms with Crippen LogP contribution in [-0.2, 0) is 33.2 Å². The van der Waals surface area contributed by atoms with E-state index in [4.69, 9.17) is 28.4 Å². The van der Waals surface area contributed by atoms with Gasteiger partial charge in [0.1, 0.15) is 73.2 Å². The number of ether oxygens (including phenoxy) is 6. The summed E-state index contributed by atoms with van der Waals surface area (Å²) in [5.41, 5.74) is 0. The maximum absolute atomic E-state index is 13.5. The molecule has 558 valence electrons. The summed E-state index contributed by atoms with van der Waals surface area (Å²) >= 11 is 0. The Morgan fingerprint density at radius 2 is 0.606 bits per heavy atom. The van der Waals surface area contributed by atoms with Gasteiger partial charge in [0, 0.05) is 6.42 Å². The maximum atomic E-state index is 13.5. The Kier molecular flexibility index (Phi) is 53.1. The molecule has 3 aliphatic rings. The molecule has 94 heavy (non-hydrogen) atoms. The van der Waals surface area contributed by atoms with Gasteiger partial charge in [0.25, 0.3) is 0 Å². The van der Waals surface area contributed by atoms with Crippen LogP contribution in [0, 0.1) is 0 Å². The third kappa shape index (κ3) is 38.0. The number of rotatable bonds is 63. The number of amides is 1. The molecule has 0 aromatic carbocycles. The fraction of sp³-hybridized carbons (Fsp3) is 0.987. The first-order chi connectivity index (χ1) is 45.8. The van der Waals surface area contributed by atoms with Gasteiger partial charge < -0.3 is 89.9 Å². The molecule has 3 rings (SSSR count). The van der Waals surface area contributed by atoms with Crippen molar-refractivity contribution in [3.63, 3.8) is 0 Å². The average Bonchev–Trinajstić information content (AvgIpc) is 0.787. The molecule has 19 nitrogen and oxygen atoms in total. The van der Waals surface area contributed by atoms with Crippen molar-refractivity contribution in [2.24, 2.45) is 0 Å². The predicted octanol–water partition coefficient (Wildman–Crippen LogP) is 12.2. The van der Waals surface area contributed by atoms with Gasteiger partial charge >= 0.3 is 0 Å². The molecule has 0 spiro atoms. The van der Waals surface area contributed by atoms with Crippen LogP contribution in [0.2, 0.25) is 0 Å². The van der Waals surface area contributed by atoms with Crippen molar-refractivity contribution in [3.8, 4) is 0 Å². The Morgan fingerprint density at radius 1 is 0.340 bits per heavy atom. The summed E-state index contributed by atoms with van der Waals surface area (Å²) in [6.07, 6.45) is 37.6. The summed E-state index contributed by atoms with van der Waals surface area (Å²) in [5.74, 6) is -0.233. The smallest absolute Gasteiger partial charge is 0.220 e. The van der Waals surface area contributed by atoms with E-state index in [1.165, 1.54) is 263 Å². The van der Waals surface area contributed by atoms with Crippen LogP contribution in [0.25, 0.3) is 0 Å². The quantitative estimate of drug-likeness (QED) is 0.0252. The normalized spacial score (nSPS) is 27.3. The number of carbonyl (C=O) groups is 1. The second kappa shape index (κ2) is 57.4. The second-order valence-electron chi connectivity index (χ2n) is 28.5. The van der Waals surface area contributed by atoms with Crippen LogP contribution < -0.4 is 5.32 Å². The van der Waals surface area contributed by atoms with Gasteiger partial charge in [-0.1, -0.05) is 322 Å². The molecule has 0 aromatic heterocycles. The standard InChI is InChI=1S/C75H145NO18/c1-3-5-7-9-11-13-15-17-19-21-23-25-27-28-29-30-31-32-34-36-38-40-42-44-46-48-50-52-59(80)58(76-63(81)53-51-49-47-45-43-41-39-37-35-33-26-24-22-20-18-16-14-12-10-8-6-4-2)57-89-73-69(87)66(84)71(61(55-78)91-73)94-75-70(88)67(85)72(62(56-79)92-75)93-74-68(86)65(83)64(82)60(54-77)90-74/h58-62,64-75,77-80,82-88H,3-57H2,1-2H3,(H,76,81). The van der Waals surface area contributed by atoms with E-state index < -0.39 is 124 Å². The lowest BCUT2D eigenvalue weighted by Gasteiger charge is -2.48. The van der Waals surface area contributed by atoms with Crippen LogP contribution in [0.4, 0.5) is 0 Å². The zero-order valence-corrected chi connectivity index (χ0v) is 59.5. The molecule has 0 radical (unpaired) electrons. The lowest BCUT2D eigenvalue weighted by Crippen LogP contribution is -2.66. The van der Waals surface area contributed by atoms with E-state index >= 15 is 0 Å². The molecule has 0 saturated carbocycles. The van der Waals surface area contributed by atoms with Gasteiger partial charge in [0.15, 0.2) is 18.9 Å². The molecule has 3 aliphatic heterocycles. The highest BCUT2D eigenvalue weighted by atomic mass is 16.8. The molecule has 17 unspecified atom stereocenters. The lowest BCUT2D eigenvalue weighted by molar-refractivity contribution is -0.379. The minimum Gasteiger partial charge on any atom is -0.394 e. The first kappa shape index (κ1) is 87.0. The molecule has 0 aromatic rings. The summed E-state index contributed by atoms with van der Waals surface area (Å²) in [6.45, 7) is 1.87. The molecule has 0 bridgehead atoms. The number of nitrogens with one attached hydrogen (secondary N) is 1. The predicted molar refractivity (Wildman–Crippen MR) is 370 cm³/mol. The van der Waals surface area contributed by atoms with E-state index in [1.807, 2.05) is 0 Å². The topological polar surface area (TPSA) is 307 Å². The molecular weight excluding hydrogens is 1200 g/mol. The van der Waals surface area contributed by atoms with E-state index in [0.29, 0.717) is 12.8 Å². The van der Waals surface area contributed by atoms with Crippen molar-refractivity contribution in [2.45, 2.75) is 446 Å². The number of hydrogen-bond donors (Lipinski definition) is 12. The Balaban J connectivity index is 1.38. The van der Waals surface area contributed by atoms with Crippen molar-refractivity contribution in [1.82, 2.24) is 5.32 Å². The molecule has 3 heterocycles. The average molecular weight is 1350 g/mol. The first-order valence-corrected chi connectivity index (χ1v) is 39.3. The van der Waals surface area contributed by atoms with Crippen LogP contribution in [0.5, 0.6) is 0 Å². The van der Waals surface area contributed by atoms with Gasteiger partial charge in [-0.3, -0.25) is 4.79 Å². The minimum absolute atomic E-state index is 0.233. The summed E-state index contributed by atoms with van der Waals surface area (Å²) in [5, 5.41) is 121. The maximum Gasteiger partial charge on any atom is 0.220 e. The van der Waals surface area contributed by atoms with Crippen LogP contribution >= 0.6 is 0 Å². The van der Waals surface area contributed by atoms with E-state index in [-0.39, 0.29) is 18.9 Å². The van der Waals surface area contributed by atoms with E-state index in [1.54, 1.807) is 0 Å². The van der Waals surface area contributed by atoms with Gasteiger partial charge in [0.2, 0.25) is 5.91 Å². The van der Waals surface area contributed by atoms with Crippen molar-refractivity contribution in [3.05, 3.63) is 0 Å². The molecule has 19 heteroatoms. The molecule has 12 N–H and O–H groups in total. The highest BCUT2D eigenvalue weighted by Gasteiger charge is 2.54. The van der Waals surface area contributed by atoms with Crippen molar-refractivity contribution in [1.29, 1.82) is 0 Å². The second-order valence-corrected chi connectivity index (χ2v) is 28.5. The largest absolute Gasteiger partial charge is 0.394 e. The number of hydrogen-bond acceptors (Lipinski definition) is 18. The van der Waals surface area contributed by atoms with Crippen LogP contribution in [0.15, 0.2) is 0 Å². The first-order valence-electron chi connectivity index (χ1n) is 39.3. The number of aliphatic hydroxyl groups excluding tert-OH is 11. The third-order valence-corrected chi connectivity index (χ3v) is 20.2. The van der Waals surface area contributed by atoms with Gasteiger partial charge in [-0.05, 0) is 12.8 Å². The van der Waals surface area contributed by atoms with E-state index in [2.05, 4.69) is 19.2 Å². The SMILES string of the molecule is CCCCCCCCCCCCCCCCCCCCCCCCCCCCCC(O)C(COC1OC(CO)C(OC2OC(CO)C(OC3OC(CO)C(O)C(O)C3O)C(O)C2O)C(O)C1O)NC(=O)CCCCCCCCCCCCCCCCCCCCCCCC. The fourth-order valence-electron chi connectivity index (χ4n) is 13.8. The fourth-order valence-corrected chi connectivity index (χ4v) is 13.8. The Hall–Kier alpha value is -1.21. The van der Waals surface area contributed by atoms with Crippen LogP contribution in [0.1, 0.15) is 341 Å². The summed E-state index contributed by atoms with van der Waals surface area (Å²) in [4.78, 5) is 13.5. The molecule has 0 aliphatic carbocycles. The lowest BCUT2D eigenvalue weighted by atomic mass is 9.96. The highest BCUT2D eigenvalue weighted by molar-refractivity contribution is 5.76. The van der Waals surface area contributed by atoms with E-state index in [9.17, 15) is 61.0 Å². The summed E-state index contributed by atoms with van der Waals surface area (Å²) in [7, 11) is 0. The monoisotopic (exact) mass is 1350 g/mol. The number of aliphatic hydroxyl groups is 11. The van der Waals surface area contributed by atoms with Crippen LogP contribution in [0.3, 0.4) is 0 Å². The van der Waals surface area contributed by atoms with E-state index in [0.717, 1.165) is 44.9 Å². The van der Waals surface area contributed by atoms with Gasteiger partial charge in [0.05, 0.1) is 38.6 Å². The molecule has 17 atom stereocenters. The molecule has 3 fully saturated rings. The molecular formula is C75H145NO18. The van der Waals surface area contributed by atoms with Gasteiger partial charge in [-0.15, -0.1) is 0 Å². The summed E-state index contributed by atoms with van der Waals surface area (Å²) < 4.78 is 34.5. The van der Waals surface area contributed by atoms with Crippen molar-refractivity contribution >= 4 is 5.91 Å². The van der Waals surface area contributed by atoms with Gasteiger partial charge in [-0.25, -0.2) is 0 Å². The minimum atomic E-state index is -1.97. The summed E-state index contributed by atoms with van der Waals surface area (Å²) in [6, 6.07) is -0.883. The Labute approximate surface area is 570 Å². The zero-order chi connectivity index (χ0) is 68.2. The van der Waals surface area contributed by atoms with Crippen LogP contribution in [-0.4, -0.2) is 193 Å². The van der Waals surface area contributed by atoms with Crippen molar-refractivity contribution < 1.29 is 89.4 Å².